The number of benzene rings is 3. The van der Waals surface area contributed by atoms with Gasteiger partial charge in [-0.2, -0.15) is 24.2 Å². The van der Waals surface area contributed by atoms with E-state index >= 15 is 0 Å². The fourth-order valence-corrected chi connectivity index (χ4v) is 13.8. The predicted molar refractivity (Wildman–Crippen MR) is 335 cm³/mol. The molecule has 0 aliphatic carbocycles. The summed E-state index contributed by atoms with van der Waals surface area (Å²) in [6.45, 7) is 21.6. The van der Waals surface area contributed by atoms with Gasteiger partial charge in [-0.3, -0.25) is 15.0 Å². The molecule has 0 aliphatic heterocycles. The molecule has 4 unspecified atom stereocenters. The van der Waals surface area contributed by atoms with Gasteiger partial charge in [0.25, 0.3) is 11.1 Å². The van der Waals surface area contributed by atoms with Crippen molar-refractivity contribution >= 4 is 42.8 Å². The van der Waals surface area contributed by atoms with Crippen LogP contribution in [0.5, 0.6) is 11.8 Å². The fourth-order valence-electron chi connectivity index (χ4n) is 10.6. The number of sulfonamides is 2. The van der Waals surface area contributed by atoms with Crippen molar-refractivity contribution in [1.82, 2.24) is 17.7 Å². The van der Waals surface area contributed by atoms with Crippen molar-refractivity contribution < 1.29 is 27.0 Å². The Morgan fingerprint density at radius 2 is 0.917 bits per heavy atom. The first kappa shape index (κ1) is 67.9. The highest BCUT2D eigenvalue weighted by molar-refractivity contribution is 7.89. The monoisotopic (exact) mass is 1190 g/mol. The van der Waals surface area contributed by atoms with Crippen LogP contribution in [0.25, 0.3) is 11.4 Å². The molecule has 0 spiro atoms. The number of nitriles is 2. The zero-order chi connectivity index (χ0) is 61.7. The minimum absolute atomic E-state index is 0.0199. The highest BCUT2D eigenvalue weighted by Gasteiger charge is 2.31. The van der Waals surface area contributed by atoms with E-state index in [-0.39, 0.29) is 84.2 Å². The maximum Gasteiger partial charge on any atom is 0.276 e. The van der Waals surface area contributed by atoms with Crippen molar-refractivity contribution in [2.45, 2.75) is 182 Å². The summed E-state index contributed by atoms with van der Waals surface area (Å²) in [7, 11) is -7.80. The van der Waals surface area contributed by atoms with Crippen molar-refractivity contribution in [3.63, 3.8) is 0 Å². The molecule has 0 saturated carbocycles. The topological polar surface area (TPSA) is 256 Å². The van der Waals surface area contributed by atoms with Crippen molar-refractivity contribution in [2.24, 2.45) is 33.9 Å². The van der Waals surface area contributed by atoms with E-state index in [4.69, 9.17) is 0 Å². The minimum atomic E-state index is -3.91. The maximum absolute atomic E-state index is 14.4. The Hall–Kier alpha value is -6.84. The number of aromatic nitrogens is 2. The number of hydrazine groups is 1. The second kappa shape index (κ2) is 32.4. The number of azo groups is 1. The average molecular weight is 1190 g/mol. The molecule has 0 bridgehead atoms. The van der Waals surface area contributed by atoms with Crippen LogP contribution in [0.2, 0.25) is 0 Å². The molecule has 20 heteroatoms. The molecule has 0 aliphatic rings. The number of hydrogen-bond acceptors (Lipinski definition) is 14. The Morgan fingerprint density at radius 3 is 1.30 bits per heavy atom. The molecule has 0 saturated heterocycles. The summed E-state index contributed by atoms with van der Waals surface area (Å²) < 4.78 is 62.5. The van der Waals surface area contributed by atoms with E-state index in [0.29, 0.717) is 31.9 Å². The van der Waals surface area contributed by atoms with E-state index in [2.05, 4.69) is 76.5 Å². The third kappa shape index (κ3) is 16.7. The SMILES string of the molecule is CCCCC(CC)CN(CC(CC)CCCC)S(=O)(=O)c1ccc(/N=N/c2c(C)c(C#N)c(=O)n(-c3cccc(-n4c(O)c(NNc5ccc(S(=O)(=O)N(CC(CC)CCCC)CC(CC)CCCC)cc5)c(C)c(C#N)c4=O)c3)c2O)cc1. The Kier molecular flexibility index (Phi) is 26.2. The summed E-state index contributed by atoms with van der Waals surface area (Å²) in [4.78, 5) is 28.4. The van der Waals surface area contributed by atoms with E-state index in [9.17, 15) is 47.2 Å². The summed E-state index contributed by atoms with van der Waals surface area (Å²) in [6, 6.07) is 21.6. The maximum atomic E-state index is 14.4. The number of anilines is 2. The van der Waals surface area contributed by atoms with E-state index in [1.807, 2.05) is 12.1 Å². The Labute approximate surface area is 499 Å². The summed E-state index contributed by atoms with van der Waals surface area (Å²) in [5.74, 6) is -0.464. The van der Waals surface area contributed by atoms with Gasteiger partial charge in [0.2, 0.25) is 31.8 Å². The predicted octanol–water partition coefficient (Wildman–Crippen LogP) is 14.5. The molecule has 2 aromatic heterocycles. The first-order valence-electron chi connectivity index (χ1n) is 30.3. The molecule has 0 radical (unpaired) electrons. The molecule has 3 aromatic carbocycles. The van der Waals surface area contributed by atoms with Gasteiger partial charge in [0.1, 0.15) is 29.0 Å². The number of nitrogens with one attached hydrogen (secondary N) is 2. The molecule has 84 heavy (non-hydrogen) atoms. The highest BCUT2D eigenvalue weighted by Crippen LogP contribution is 2.37. The molecule has 4 N–H and O–H groups in total. The van der Waals surface area contributed by atoms with Gasteiger partial charge in [-0.1, -0.05) is 139 Å². The first-order chi connectivity index (χ1) is 40.2. The second-order valence-corrected chi connectivity index (χ2v) is 26.0. The van der Waals surface area contributed by atoms with Gasteiger partial charge in [0.05, 0.1) is 32.5 Å². The summed E-state index contributed by atoms with van der Waals surface area (Å²) >= 11 is 0. The number of rotatable bonds is 35. The quantitative estimate of drug-likeness (QED) is 0.0218. The van der Waals surface area contributed by atoms with E-state index in [0.717, 1.165) is 112 Å². The Morgan fingerprint density at radius 1 is 0.536 bits per heavy atom. The normalized spacial score (nSPS) is 13.5. The van der Waals surface area contributed by atoms with Gasteiger partial charge in [-0.25, -0.2) is 26.0 Å². The Balaban J connectivity index is 1.47. The van der Waals surface area contributed by atoms with Crippen molar-refractivity contribution in [2.75, 3.05) is 37.0 Å². The van der Waals surface area contributed by atoms with Crippen molar-refractivity contribution in [3.05, 3.63) is 116 Å². The third-order valence-corrected chi connectivity index (χ3v) is 20.0. The number of unbranched alkanes of at least 4 members (excludes halogenated alkanes) is 4. The van der Waals surface area contributed by atoms with Crippen LogP contribution < -0.4 is 22.0 Å². The zero-order valence-electron chi connectivity index (χ0n) is 51.1. The van der Waals surface area contributed by atoms with Crippen LogP contribution in [0.15, 0.2) is 102 Å². The van der Waals surface area contributed by atoms with Crippen molar-refractivity contribution in [3.8, 4) is 35.3 Å². The zero-order valence-corrected chi connectivity index (χ0v) is 52.8. The van der Waals surface area contributed by atoms with Crippen LogP contribution in [0.4, 0.5) is 22.7 Å². The van der Waals surface area contributed by atoms with Gasteiger partial charge in [0, 0.05) is 37.3 Å². The highest BCUT2D eigenvalue weighted by atomic mass is 32.2. The molecule has 456 valence electrons. The fraction of sp³-hybridized carbons (Fsp3) is 0.531. The number of hydrogen-bond donors (Lipinski definition) is 4. The second-order valence-electron chi connectivity index (χ2n) is 22.2. The lowest BCUT2D eigenvalue weighted by Crippen LogP contribution is -2.39. The number of aromatic hydroxyl groups is 2. The van der Waals surface area contributed by atoms with Crippen LogP contribution in [-0.4, -0.2) is 71.0 Å². The molecular formula is C64H90N10O8S2. The van der Waals surface area contributed by atoms with Crippen LogP contribution in [0.1, 0.15) is 180 Å². The molecule has 0 fully saturated rings. The number of nitrogens with zero attached hydrogens (tertiary/aromatic N) is 8. The van der Waals surface area contributed by atoms with Gasteiger partial charge in [0.15, 0.2) is 5.69 Å². The lowest BCUT2D eigenvalue weighted by atomic mass is 9.97. The summed E-state index contributed by atoms with van der Waals surface area (Å²) in [5, 5.41) is 52.9. The molecule has 5 aromatic rings. The smallest absolute Gasteiger partial charge is 0.276 e. The van der Waals surface area contributed by atoms with Crippen LogP contribution >= 0.6 is 0 Å². The van der Waals surface area contributed by atoms with Gasteiger partial charge in [-0.05, 0) is 130 Å². The largest absolute Gasteiger partial charge is 0.493 e. The van der Waals surface area contributed by atoms with E-state index in [1.54, 1.807) is 20.7 Å². The standard InChI is InChI=1S/C64H90N10O8S2/c1-11-19-24-47(15-5)41-71(42-48(16-6)25-20-12-2)83(79,80)55-34-30-51(31-35-55)67-69-59-45(9)57(39-65)61(75)73(63(59)77)53-28-23-29-54(38-53)74-62(76)58(40-66)46(10)60(64(74)78)70-68-52-32-36-56(37-33-52)84(81,82)72(43-49(17-7)26-21-13-3)44-50(18-8)27-22-14-4/h23,28-38,47-50,67,69,77-78H,11-22,24-27,41-44H2,1-10H3/b70-68+. The van der Waals surface area contributed by atoms with Crippen LogP contribution in [-0.2, 0) is 20.0 Å². The lowest BCUT2D eigenvalue weighted by molar-refractivity contribution is 0.270. The van der Waals surface area contributed by atoms with E-state index in [1.165, 1.54) is 74.5 Å². The molecule has 18 nitrogen and oxygen atoms in total. The van der Waals surface area contributed by atoms with Gasteiger partial charge < -0.3 is 15.6 Å². The van der Waals surface area contributed by atoms with Crippen LogP contribution in [0, 0.1) is 60.2 Å². The summed E-state index contributed by atoms with van der Waals surface area (Å²) in [6.07, 6.45) is 15.4. The molecule has 2 heterocycles. The van der Waals surface area contributed by atoms with Crippen molar-refractivity contribution in [1.29, 1.82) is 10.5 Å². The first-order valence-corrected chi connectivity index (χ1v) is 33.1. The molecule has 4 atom stereocenters. The van der Waals surface area contributed by atoms with Gasteiger partial charge >= 0.3 is 0 Å². The van der Waals surface area contributed by atoms with Crippen LogP contribution in [0.3, 0.4) is 0 Å². The van der Waals surface area contributed by atoms with Gasteiger partial charge in [-0.15, -0.1) is 5.11 Å². The number of pyridine rings is 2. The third-order valence-electron chi connectivity index (χ3n) is 16.3. The molecule has 0 amide bonds. The molecule has 5 rings (SSSR count). The van der Waals surface area contributed by atoms with E-state index < -0.39 is 42.9 Å². The minimum Gasteiger partial charge on any atom is -0.493 e. The molecular weight excluding hydrogens is 1100 g/mol. The Bertz CT molecular complexity index is 3410. The average Bonchev–Trinajstić information content (AvgIpc) is 1.49. The summed E-state index contributed by atoms with van der Waals surface area (Å²) in [5.41, 5.74) is 3.71. The lowest BCUT2D eigenvalue weighted by Gasteiger charge is -2.30.